The summed E-state index contributed by atoms with van der Waals surface area (Å²) >= 11 is 0. The lowest BCUT2D eigenvalue weighted by molar-refractivity contribution is 0.440. The lowest BCUT2D eigenvalue weighted by atomic mass is 10.0. The maximum atomic E-state index is 5.77. The van der Waals surface area contributed by atoms with Gasteiger partial charge in [-0.1, -0.05) is 27.7 Å². The molecule has 2 rings (SSSR count). The second-order valence-corrected chi connectivity index (χ2v) is 6.83. The quantitative estimate of drug-likeness (QED) is 0.728. The molecule has 0 saturated heterocycles. The summed E-state index contributed by atoms with van der Waals surface area (Å²) in [6.07, 6.45) is 2.65. The van der Waals surface area contributed by atoms with Gasteiger partial charge in [0.25, 0.3) is 0 Å². The van der Waals surface area contributed by atoms with E-state index >= 15 is 0 Å². The number of nitrogens with two attached hydrogens (primary N) is 1. The molecule has 0 amide bonds. The highest BCUT2D eigenvalue weighted by Gasteiger charge is 2.63. The number of hydrogen-bond donors (Lipinski definition) is 2. The molecule has 88 valence electrons. The Morgan fingerprint density at radius 2 is 1.67 bits per heavy atom. The van der Waals surface area contributed by atoms with Crippen molar-refractivity contribution in [2.24, 2.45) is 27.9 Å². The Kier molecular flexibility index (Phi) is 2.44. The van der Waals surface area contributed by atoms with Crippen molar-refractivity contribution >= 4 is 0 Å². The standard InChI is InChI=1S/C13H26N2/c1-11(2)10(12(11,3)4)7-15-9-13(8-14)5-6-13/h10,15H,5-9,14H2,1-4H3. The van der Waals surface area contributed by atoms with Gasteiger partial charge in [-0.2, -0.15) is 0 Å². The normalized spacial score (nSPS) is 30.2. The first kappa shape index (κ1) is 11.4. The van der Waals surface area contributed by atoms with Crippen molar-refractivity contribution in [1.29, 1.82) is 0 Å². The van der Waals surface area contributed by atoms with E-state index in [0.717, 1.165) is 19.0 Å². The van der Waals surface area contributed by atoms with Crippen molar-refractivity contribution in [3.05, 3.63) is 0 Å². The van der Waals surface area contributed by atoms with E-state index < -0.39 is 0 Å². The number of nitrogens with one attached hydrogen (secondary N) is 1. The van der Waals surface area contributed by atoms with Crippen molar-refractivity contribution in [2.45, 2.75) is 40.5 Å². The molecule has 3 N–H and O–H groups in total. The average molecular weight is 210 g/mol. The molecule has 2 heteroatoms. The van der Waals surface area contributed by atoms with E-state index in [4.69, 9.17) is 5.73 Å². The van der Waals surface area contributed by atoms with Crippen LogP contribution < -0.4 is 11.1 Å². The second kappa shape index (κ2) is 3.21. The molecule has 0 atom stereocenters. The minimum Gasteiger partial charge on any atom is -0.330 e. The van der Waals surface area contributed by atoms with Gasteiger partial charge in [0.2, 0.25) is 0 Å². The smallest absolute Gasteiger partial charge is 0.00200 e. The molecule has 0 aromatic rings. The first-order chi connectivity index (χ1) is 6.86. The Morgan fingerprint density at radius 1 is 1.13 bits per heavy atom. The zero-order valence-corrected chi connectivity index (χ0v) is 10.7. The Morgan fingerprint density at radius 3 is 2.00 bits per heavy atom. The number of rotatable bonds is 5. The van der Waals surface area contributed by atoms with Crippen LogP contribution in [0.15, 0.2) is 0 Å². The summed E-state index contributed by atoms with van der Waals surface area (Å²) in [4.78, 5) is 0. The lowest BCUT2D eigenvalue weighted by Crippen LogP contribution is -2.31. The van der Waals surface area contributed by atoms with Crippen LogP contribution in [0.2, 0.25) is 0 Å². The molecule has 15 heavy (non-hydrogen) atoms. The zero-order valence-electron chi connectivity index (χ0n) is 10.7. The van der Waals surface area contributed by atoms with E-state index in [9.17, 15) is 0 Å². The summed E-state index contributed by atoms with van der Waals surface area (Å²) in [6.45, 7) is 12.7. The average Bonchev–Trinajstić information content (AvgIpc) is 2.99. The molecule has 2 fully saturated rings. The van der Waals surface area contributed by atoms with Crippen LogP contribution in [0.5, 0.6) is 0 Å². The predicted octanol–water partition coefficient (Wildman–Crippen LogP) is 2.00. The molecule has 2 aliphatic rings. The largest absolute Gasteiger partial charge is 0.330 e. The zero-order chi connectivity index (χ0) is 11.3. The molecule has 0 aromatic heterocycles. The summed E-state index contributed by atoms with van der Waals surface area (Å²) in [5.74, 6) is 0.832. The Balaban J connectivity index is 1.72. The Hall–Kier alpha value is -0.0800. The second-order valence-electron chi connectivity index (χ2n) is 6.83. The minimum atomic E-state index is 0.475. The van der Waals surface area contributed by atoms with E-state index in [1.165, 1.54) is 19.4 Å². The first-order valence-corrected chi connectivity index (χ1v) is 6.27. The van der Waals surface area contributed by atoms with Gasteiger partial charge in [-0.05, 0) is 48.1 Å². The monoisotopic (exact) mass is 210 g/mol. The molecule has 2 saturated carbocycles. The highest BCUT2D eigenvalue weighted by atomic mass is 14.9. The van der Waals surface area contributed by atoms with Gasteiger partial charge in [-0.25, -0.2) is 0 Å². The molecule has 0 aliphatic heterocycles. The van der Waals surface area contributed by atoms with Gasteiger partial charge >= 0.3 is 0 Å². The molecule has 0 unspecified atom stereocenters. The van der Waals surface area contributed by atoms with Crippen LogP contribution in [0.25, 0.3) is 0 Å². The fraction of sp³-hybridized carbons (Fsp3) is 1.00. The minimum absolute atomic E-state index is 0.475. The van der Waals surface area contributed by atoms with Gasteiger partial charge < -0.3 is 11.1 Å². The van der Waals surface area contributed by atoms with E-state index in [-0.39, 0.29) is 0 Å². The van der Waals surface area contributed by atoms with Crippen molar-refractivity contribution in [2.75, 3.05) is 19.6 Å². The first-order valence-electron chi connectivity index (χ1n) is 6.27. The third kappa shape index (κ3) is 1.72. The van der Waals surface area contributed by atoms with Crippen LogP contribution in [0, 0.1) is 22.2 Å². The predicted molar refractivity (Wildman–Crippen MR) is 64.6 cm³/mol. The van der Waals surface area contributed by atoms with Gasteiger partial charge in [0.05, 0.1) is 0 Å². The fourth-order valence-corrected chi connectivity index (χ4v) is 2.96. The van der Waals surface area contributed by atoms with Crippen LogP contribution in [-0.2, 0) is 0 Å². The molecule has 2 aliphatic carbocycles. The molecule has 0 aromatic carbocycles. The van der Waals surface area contributed by atoms with Crippen LogP contribution in [0.1, 0.15) is 40.5 Å². The van der Waals surface area contributed by atoms with E-state index in [1.54, 1.807) is 0 Å². The van der Waals surface area contributed by atoms with Gasteiger partial charge in [0.15, 0.2) is 0 Å². The lowest BCUT2D eigenvalue weighted by Gasteiger charge is -2.13. The van der Waals surface area contributed by atoms with Gasteiger partial charge in [0.1, 0.15) is 0 Å². The molecule has 2 nitrogen and oxygen atoms in total. The Labute approximate surface area is 94.0 Å². The van der Waals surface area contributed by atoms with Crippen LogP contribution in [0.4, 0.5) is 0 Å². The molecular weight excluding hydrogens is 184 g/mol. The fourth-order valence-electron chi connectivity index (χ4n) is 2.96. The summed E-state index contributed by atoms with van der Waals surface area (Å²) < 4.78 is 0. The maximum Gasteiger partial charge on any atom is 0.00200 e. The van der Waals surface area contributed by atoms with Crippen molar-refractivity contribution in [1.82, 2.24) is 5.32 Å². The summed E-state index contributed by atoms with van der Waals surface area (Å²) in [6, 6.07) is 0. The van der Waals surface area contributed by atoms with Crippen molar-refractivity contribution in [3.63, 3.8) is 0 Å². The van der Waals surface area contributed by atoms with E-state index in [0.29, 0.717) is 16.2 Å². The van der Waals surface area contributed by atoms with Crippen LogP contribution in [0.3, 0.4) is 0 Å². The number of hydrogen-bond acceptors (Lipinski definition) is 2. The SMILES string of the molecule is CC1(C)C(CNCC2(CN)CC2)C1(C)C. The highest BCUT2D eigenvalue weighted by molar-refractivity contribution is 5.13. The van der Waals surface area contributed by atoms with E-state index in [2.05, 4.69) is 33.0 Å². The van der Waals surface area contributed by atoms with Crippen LogP contribution in [-0.4, -0.2) is 19.6 Å². The molecule has 0 bridgehead atoms. The third-order valence-electron chi connectivity index (χ3n) is 5.56. The van der Waals surface area contributed by atoms with Crippen molar-refractivity contribution < 1.29 is 0 Å². The van der Waals surface area contributed by atoms with Gasteiger partial charge in [0, 0.05) is 6.54 Å². The van der Waals surface area contributed by atoms with E-state index in [1.807, 2.05) is 0 Å². The topological polar surface area (TPSA) is 38.0 Å². The molecule has 0 heterocycles. The molecular formula is C13H26N2. The highest BCUT2D eigenvalue weighted by Crippen LogP contribution is 2.67. The molecule has 0 spiro atoms. The third-order valence-corrected chi connectivity index (χ3v) is 5.56. The summed E-state index contributed by atoms with van der Waals surface area (Å²) in [5, 5.41) is 3.63. The van der Waals surface area contributed by atoms with Gasteiger partial charge in [-0.15, -0.1) is 0 Å². The maximum absolute atomic E-state index is 5.77. The van der Waals surface area contributed by atoms with Crippen molar-refractivity contribution in [3.8, 4) is 0 Å². The van der Waals surface area contributed by atoms with Gasteiger partial charge in [-0.3, -0.25) is 0 Å². The van der Waals surface area contributed by atoms with Crippen LogP contribution >= 0.6 is 0 Å². The molecule has 0 radical (unpaired) electrons. The Bertz CT molecular complexity index is 237. The summed E-state index contributed by atoms with van der Waals surface area (Å²) in [5.41, 5.74) is 7.27. The summed E-state index contributed by atoms with van der Waals surface area (Å²) in [7, 11) is 0.